The quantitative estimate of drug-likeness (QED) is 0.383. The first-order valence-electron chi connectivity index (χ1n) is 13.3. The van der Waals surface area contributed by atoms with E-state index < -0.39 is 5.92 Å². The third kappa shape index (κ3) is 5.07. The van der Waals surface area contributed by atoms with Gasteiger partial charge in [0.2, 0.25) is 0 Å². The van der Waals surface area contributed by atoms with Crippen LogP contribution in [0.4, 0.5) is 5.69 Å². The van der Waals surface area contributed by atoms with Gasteiger partial charge in [-0.25, -0.2) is 0 Å². The fourth-order valence-corrected chi connectivity index (χ4v) is 5.74. The highest BCUT2D eigenvalue weighted by atomic mass is 16.5. The minimum atomic E-state index is -0.533. The van der Waals surface area contributed by atoms with Crippen LogP contribution in [0.2, 0.25) is 0 Å². The van der Waals surface area contributed by atoms with Gasteiger partial charge >= 0.3 is 0 Å². The number of hydrogen-bond donors (Lipinski definition) is 2. The highest BCUT2D eigenvalue weighted by Gasteiger charge is 2.41. The second-order valence-corrected chi connectivity index (χ2v) is 10.2. The molecule has 40 heavy (non-hydrogen) atoms. The molecule has 0 aromatic heterocycles. The number of amides is 1. The van der Waals surface area contributed by atoms with Crippen LogP contribution in [0.5, 0.6) is 17.2 Å². The average Bonchev–Trinajstić information content (AvgIpc) is 2.97. The van der Waals surface area contributed by atoms with Crippen molar-refractivity contribution >= 4 is 17.4 Å². The summed E-state index contributed by atoms with van der Waals surface area (Å²) < 4.78 is 16.4. The molecule has 7 heteroatoms. The molecule has 0 fully saturated rings. The smallest absolute Gasteiger partial charge is 0.254 e. The van der Waals surface area contributed by atoms with Gasteiger partial charge in [0.25, 0.3) is 5.91 Å². The summed E-state index contributed by atoms with van der Waals surface area (Å²) in [6, 6.07) is 21.1. The number of methoxy groups -OCH3 is 3. The molecular weight excluding hydrogens is 504 g/mol. The minimum absolute atomic E-state index is 0.00930. The molecule has 7 nitrogen and oxygen atoms in total. The lowest BCUT2D eigenvalue weighted by Gasteiger charge is -2.37. The highest BCUT2D eigenvalue weighted by molar-refractivity contribution is 6.10. The van der Waals surface area contributed by atoms with Crippen molar-refractivity contribution in [1.82, 2.24) is 5.32 Å². The van der Waals surface area contributed by atoms with Gasteiger partial charge in [-0.2, -0.15) is 0 Å². The van der Waals surface area contributed by atoms with E-state index in [4.69, 9.17) is 14.2 Å². The fraction of sp³-hybridized carbons (Fsp3) is 0.273. The Morgan fingerprint density at radius 2 is 1.62 bits per heavy atom. The summed E-state index contributed by atoms with van der Waals surface area (Å²) >= 11 is 0. The van der Waals surface area contributed by atoms with Gasteiger partial charge in [-0.05, 0) is 73.2 Å². The topological polar surface area (TPSA) is 85.9 Å². The molecule has 0 saturated carbocycles. The minimum Gasteiger partial charge on any atom is -0.497 e. The molecule has 0 spiro atoms. The molecule has 1 aliphatic heterocycles. The molecule has 0 saturated heterocycles. The lowest BCUT2D eigenvalue weighted by Crippen LogP contribution is -2.37. The van der Waals surface area contributed by atoms with E-state index in [-0.39, 0.29) is 17.6 Å². The molecule has 5 rings (SSSR count). The number of aryl methyl sites for hydroxylation is 1. The summed E-state index contributed by atoms with van der Waals surface area (Å²) in [5.41, 5.74) is 6.25. The third-order valence-electron chi connectivity index (χ3n) is 7.77. The maximum atomic E-state index is 14.0. The van der Waals surface area contributed by atoms with Gasteiger partial charge in [0.05, 0.1) is 21.3 Å². The van der Waals surface area contributed by atoms with E-state index in [1.54, 1.807) is 21.3 Å². The number of Topliss-reactive ketones (excluding diaryl/α,β-unsaturated/α-hetero) is 1. The van der Waals surface area contributed by atoms with Gasteiger partial charge in [0.1, 0.15) is 5.75 Å². The Labute approximate surface area is 234 Å². The number of benzene rings is 3. The molecule has 0 radical (unpaired) electrons. The largest absolute Gasteiger partial charge is 0.497 e. The molecule has 2 aliphatic rings. The molecule has 206 valence electrons. The van der Waals surface area contributed by atoms with Crippen LogP contribution >= 0.6 is 0 Å². The zero-order valence-corrected chi connectivity index (χ0v) is 23.5. The Bertz CT molecular complexity index is 1540. The number of anilines is 1. The van der Waals surface area contributed by atoms with Crippen molar-refractivity contribution in [3.8, 4) is 17.2 Å². The van der Waals surface area contributed by atoms with Gasteiger partial charge < -0.3 is 24.8 Å². The summed E-state index contributed by atoms with van der Waals surface area (Å²) in [7, 11) is 4.82. The van der Waals surface area contributed by atoms with Crippen LogP contribution in [0.25, 0.3) is 0 Å². The van der Waals surface area contributed by atoms with Crippen molar-refractivity contribution in [3.63, 3.8) is 0 Å². The number of ketones is 1. The molecule has 0 bridgehead atoms. The van der Waals surface area contributed by atoms with Crippen molar-refractivity contribution in [2.45, 2.75) is 38.5 Å². The highest BCUT2D eigenvalue weighted by Crippen LogP contribution is 2.47. The van der Waals surface area contributed by atoms with Crippen LogP contribution in [-0.4, -0.2) is 33.0 Å². The van der Waals surface area contributed by atoms with E-state index in [1.807, 2.05) is 80.6 Å². The monoisotopic (exact) mass is 538 g/mol. The first-order chi connectivity index (χ1) is 19.3. The number of carbonyl (C=O) groups excluding carboxylic acids is 2. The maximum absolute atomic E-state index is 14.0. The summed E-state index contributed by atoms with van der Waals surface area (Å²) in [6.07, 6.45) is 0.948. The summed E-state index contributed by atoms with van der Waals surface area (Å²) in [5.74, 6) is 1.13. The van der Waals surface area contributed by atoms with Crippen LogP contribution in [0.15, 0.2) is 89.3 Å². The summed E-state index contributed by atoms with van der Waals surface area (Å²) in [5, 5.41) is 6.53. The molecule has 1 amide bonds. The summed E-state index contributed by atoms with van der Waals surface area (Å²) in [6.45, 7) is 3.85. The number of carbonyl (C=O) groups is 2. The normalized spacial score (nSPS) is 18.6. The van der Waals surface area contributed by atoms with Crippen molar-refractivity contribution in [2.24, 2.45) is 0 Å². The van der Waals surface area contributed by atoms with E-state index in [0.29, 0.717) is 41.2 Å². The zero-order chi connectivity index (χ0) is 28.4. The van der Waals surface area contributed by atoms with Crippen molar-refractivity contribution in [3.05, 3.63) is 106 Å². The van der Waals surface area contributed by atoms with Gasteiger partial charge in [0.15, 0.2) is 17.3 Å². The van der Waals surface area contributed by atoms with E-state index in [0.717, 1.165) is 33.8 Å². The van der Waals surface area contributed by atoms with Crippen LogP contribution in [0, 0.1) is 6.92 Å². The zero-order valence-electron chi connectivity index (χ0n) is 23.5. The number of ether oxygens (including phenoxy) is 3. The molecule has 0 unspecified atom stereocenters. The number of nitrogens with one attached hydrogen (secondary N) is 2. The van der Waals surface area contributed by atoms with Crippen LogP contribution < -0.4 is 24.8 Å². The van der Waals surface area contributed by atoms with Crippen LogP contribution in [0.1, 0.15) is 48.3 Å². The van der Waals surface area contributed by atoms with Gasteiger partial charge in [-0.1, -0.05) is 36.4 Å². The molecule has 2 atom stereocenters. The second kappa shape index (κ2) is 11.3. The third-order valence-corrected chi connectivity index (χ3v) is 7.77. The van der Waals surface area contributed by atoms with E-state index in [1.165, 1.54) is 0 Å². The van der Waals surface area contributed by atoms with Crippen molar-refractivity contribution in [2.75, 3.05) is 26.6 Å². The number of hydrogen-bond acceptors (Lipinski definition) is 6. The Morgan fingerprint density at radius 3 is 2.35 bits per heavy atom. The lowest BCUT2D eigenvalue weighted by atomic mass is 9.71. The number of allylic oxidation sites excluding steroid dienone is 3. The number of para-hydroxylation sites is 1. The molecule has 3 aromatic carbocycles. The lowest BCUT2D eigenvalue weighted by molar-refractivity contribution is -0.116. The molecule has 1 aliphatic carbocycles. The Hall–Kier alpha value is -4.52. The van der Waals surface area contributed by atoms with Gasteiger partial charge in [0, 0.05) is 40.6 Å². The van der Waals surface area contributed by atoms with E-state index >= 15 is 0 Å². The van der Waals surface area contributed by atoms with Crippen LogP contribution in [-0.2, 0) is 9.59 Å². The fourth-order valence-electron chi connectivity index (χ4n) is 5.74. The maximum Gasteiger partial charge on any atom is 0.254 e. The van der Waals surface area contributed by atoms with Gasteiger partial charge in [-0.3, -0.25) is 9.59 Å². The average molecular weight is 539 g/mol. The molecular formula is C33H34N2O5. The Kier molecular flexibility index (Phi) is 7.65. The molecule has 1 heterocycles. The standard InChI is InChI=1S/C33H34N2O5/c1-19-9-6-7-12-25(19)35-33(37)30-20(2)34-26-16-23(21-13-14-28(39-4)29(18-21)40-5)17-27(36)32(26)31(30)22-10-8-11-24(15-22)38-3/h6-15,18,23,31,34H,16-17H2,1-5H3,(H,35,37)/t23-,31+/m1/s1. The molecule has 2 N–H and O–H groups in total. The molecule has 3 aromatic rings. The second-order valence-electron chi connectivity index (χ2n) is 10.2. The van der Waals surface area contributed by atoms with E-state index in [2.05, 4.69) is 10.6 Å². The van der Waals surface area contributed by atoms with E-state index in [9.17, 15) is 9.59 Å². The van der Waals surface area contributed by atoms with Crippen molar-refractivity contribution in [1.29, 1.82) is 0 Å². The SMILES string of the molecule is COc1cccc([C@H]2C(C(=O)Nc3ccccc3C)=C(C)NC3=C2C(=O)C[C@H](c2ccc(OC)c(OC)c2)C3)c1. The van der Waals surface area contributed by atoms with Crippen molar-refractivity contribution < 1.29 is 23.8 Å². The number of dihydropyridines is 1. The Balaban J connectivity index is 1.56. The summed E-state index contributed by atoms with van der Waals surface area (Å²) in [4.78, 5) is 27.8. The first kappa shape index (κ1) is 27.1. The first-order valence-corrected chi connectivity index (χ1v) is 13.3. The number of rotatable bonds is 7. The van der Waals surface area contributed by atoms with Gasteiger partial charge in [-0.15, -0.1) is 0 Å². The Morgan fingerprint density at radius 1 is 0.850 bits per heavy atom. The van der Waals surface area contributed by atoms with Crippen LogP contribution in [0.3, 0.4) is 0 Å². The predicted molar refractivity (Wildman–Crippen MR) is 155 cm³/mol. The predicted octanol–water partition coefficient (Wildman–Crippen LogP) is 6.02.